The molecule has 0 saturated heterocycles. The minimum atomic E-state index is -0.0462. The third kappa shape index (κ3) is 3.79. The fourth-order valence-corrected chi connectivity index (χ4v) is 3.27. The summed E-state index contributed by atoms with van der Waals surface area (Å²) in [6, 6.07) is 4.96. The fraction of sp³-hybridized carbons (Fsp3) is 0.684. The second-order valence-electron chi connectivity index (χ2n) is 6.82. The van der Waals surface area contributed by atoms with Gasteiger partial charge in [-0.1, -0.05) is 44.4 Å². The monoisotopic (exact) mass is 289 g/mol. The molecule has 1 aliphatic heterocycles. The van der Waals surface area contributed by atoms with E-state index in [1.807, 2.05) is 0 Å². The number of rotatable bonds is 6. The highest BCUT2D eigenvalue weighted by atomic mass is 16.5. The van der Waals surface area contributed by atoms with Crippen LogP contribution in [0.4, 0.5) is 0 Å². The second-order valence-corrected chi connectivity index (χ2v) is 6.82. The topological polar surface area (TPSA) is 21.3 Å². The normalized spacial score (nSPS) is 24.5. The number of benzene rings is 1. The molecule has 0 aromatic heterocycles. The van der Waals surface area contributed by atoms with E-state index < -0.39 is 0 Å². The van der Waals surface area contributed by atoms with Gasteiger partial charge >= 0.3 is 0 Å². The van der Waals surface area contributed by atoms with Crippen molar-refractivity contribution in [3.8, 4) is 5.75 Å². The maximum absolute atomic E-state index is 6.37. The number of hydrogen-bond acceptors (Lipinski definition) is 2. The quantitative estimate of drug-likeness (QED) is 0.738. The first-order valence-corrected chi connectivity index (χ1v) is 8.52. The van der Waals surface area contributed by atoms with Gasteiger partial charge in [-0.3, -0.25) is 0 Å². The molecule has 1 aromatic carbocycles. The summed E-state index contributed by atoms with van der Waals surface area (Å²) in [4.78, 5) is 0. The zero-order valence-corrected chi connectivity index (χ0v) is 14.4. The predicted molar refractivity (Wildman–Crippen MR) is 90.1 cm³/mol. The molecular formula is C19H31NO. The molecule has 2 nitrogen and oxygen atoms in total. The summed E-state index contributed by atoms with van der Waals surface area (Å²) >= 11 is 0. The second kappa shape index (κ2) is 6.83. The van der Waals surface area contributed by atoms with Gasteiger partial charge in [-0.15, -0.1) is 0 Å². The zero-order valence-electron chi connectivity index (χ0n) is 14.4. The van der Waals surface area contributed by atoms with Gasteiger partial charge in [-0.2, -0.15) is 0 Å². The molecule has 0 bridgehead atoms. The summed E-state index contributed by atoms with van der Waals surface area (Å²) < 4.78 is 6.37. The van der Waals surface area contributed by atoms with Crippen molar-refractivity contribution in [3.05, 3.63) is 28.8 Å². The number of unbranched alkanes of at least 4 members (excludes halogenated alkanes) is 2. The highest BCUT2D eigenvalue weighted by Crippen LogP contribution is 2.43. The van der Waals surface area contributed by atoms with Crippen LogP contribution in [-0.2, 0) is 0 Å². The highest BCUT2D eigenvalue weighted by Gasteiger charge is 2.36. The molecule has 2 heteroatoms. The number of nitrogens with one attached hydrogen (secondary N) is 1. The van der Waals surface area contributed by atoms with Gasteiger partial charge in [0.2, 0.25) is 0 Å². The van der Waals surface area contributed by atoms with E-state index in [2.05, 4.69) is 52.1 Å². The molecule has 1 heterocycles. The Labute approximate surface area is 130 Å². The molecule has 2 rings (SSSR count). The largest absolute Gasteiger partial charge is 0.487 e. The van der Waals surface area contributed by atoms with Gasteiger partial charge in [-0.05, 0) is 45.7 Å². The molecule has 2 unspecified atom stereocenters. The maximum Gasteiger partial charge on any atom is 0.127 e. The third-order valence-corrected chi connectivity index (χ3v) is 4.73. The van der Waals surface area contributed by atoms with E-state index in [0.29, 0.717) is 6.04 Å². The highest BCUT2D eigenvalue weighted by molar-refractivity contribution is 5.47. The first-order chi connectivity index (χ1) is 9.99. The van der Waals surface area contributed by atoms with Crippen molar-refractivity contribution in [2.75, 3.05) is 6.54 Å². The van der Waals surface area contributed by atoms with Gasteiger partial charge in [0.25, 0.3) is 0 Å². The van der Waals surface area contributed by atoms with Crippen LogP contribution < -0.4 is 10.1 Å². The Bertz CT molecular complexity index is 483. The Hall–Kier alpha value is -1.02. The Morgan fingerprint density at radius 1 is 1.24 bits per heavy atom. The lowest BCUT2D eigenvalue weighted by Crippen LogP contribution is -2.42. The lowest BCUT2D eigenvalue weighted by molar-refractivity contribution is 0.0433. The van der Waals surface area contributed by atoms with Crippen LogP contribution in [0.15, 0.2) is 12.1 Å². The summed E-state index contributed by atoms with van der Waals surface area (Å²) in [5.74, 6) is 1.11. The molecule has 0 amide bonds. The first kappa shape index (κ1) is 16.4. The minimum Gasteiger partial charge on any atom is -0.487 e. The lowest BCUT2D eigenvalue weighted by Gasteiger charge is -2.41. The molecule has 1 N–H and O–H groups in total. The van der Waals surface area contributed by atoms with Crippen LogP contribution in [0.3, 0.4) is 0 Å². The van der Waals surface area contributed by atoms with Crippen molar-refractivity contribution in [1.82, 2.24) is 5.32 Å². The average Bonchev–Trinajstić information content (AvgIpc) is 2.45. The first-order valence-electron chi connectivity index (χ1n) is 8.52. The Morgan fingerprint density at radius 2 is 2.00 bits per heavy atom. The Morgan fingerprint density at radius 3 is 2.67 bits per heavy atom. The molecule has 0 saturated carbocycles. The molecule has 0 aliphatic carbocycles. The van der Waals surface area contributed by atoms with E-state index >= 15 is 0 Å². The van der Waals surface area contributed by atoms with E-state index in [1.165, 1.54) is 36.0 Å². The summed E-state index contributed by atoms with van der Waals surface area (Å²) in [6.07, 6.45) is 5.95. The van der Waals surface area contributed by atoms with Crippen molar-refractivity contribution < 1.29 is 4.74 Å². The molecule has 1 aromatic rings. The third-order valence-electron chi connectivity index (χ3n) is 4.73. The van der Waals surface area contributed by atoms with Gasteiger partial charge in [0.15, 0.2) is 0 Å². The number of hydrogen-bond donors (Lipinski definition) is 1. The zero-order chi connectivity index (χ0) is 15.5. The van der Waals surface area contributed by atoms with Crippen LogP contribution in [0, 0.1) is 13.8 Å². The average molecular weight is 289 g/mol. The van der Waals surface area contributed by atoms with Gasteiger partial charge in [-0.25, -0.2) is 0 Å². The number of aryl methyl sites for hydroxylation is 2. The molecule has 2 atom stereocenters. The molecular weight excluding hydrogens is 258 g/mol. The van der Waals surface area contributed by atoms with Crippen molar-refractivity contribution in [1.29, 1.82) is 0 Å². The number of fused-ring (bicyclic) bond motifs is 1. The van der Waals surface area contributed by atoms with Crippen LogP contribution in [0.5, 0.6) is 5.75 Å². The van der Waals surface area contributed by atoms with Crippen LogP contribution in [0.2, 0.25) is 0 Å². The van der Waals surface area contributed by atoms with Gasteiger partial charge in [0.05, 0.1) is 0 Å². The molecule has 118 valence electrons. The van der Waals surface area contributed by atoms with Crippen LogP contribution in [0.25, 0.3) is 0 Å². The van der Waals surface area contributed by atoms with Crippen molar-refractivity contribution >= 4 is 0 Å². The van der Waals surface area contributed by atoms with Crippen molar-refractivity contribution in [2.45, 2.75) is 78.4 Å². The van der Waals surface area contributed by atoms with Gasteiger partial charge in [0, 0.05) is 18.0 Å². The van der Waals surface area contributed by atoms with Crippen LogP contribution >= 0.6 is 0 Å². The summed E-state index contributed by atoms with van der Waals surface area (Å²) in [6.45, 7) is 12.2. The smallest absolute Gasteiger partial charge is 0.127 e. The van der Waals surface area contributed by atoms with Gasteiger partial charge in [0.1, 0.15) is 11.4 Å². The van der Waals surface area contributed by atoms with E-state index in [1.54, 1.807) is 0 Å². The SMILES string of the molecule is CCCCCNC1CC(C)(CC)Oc2c(C)cc(C)cc21. The molecule has 1 aliphatic rings. The number of ether oxygens (including phenoxy) is 1. The lowest BCUT2D eigenvalue weighted by atomic mass is 9.85. The Kier molecular flexibility index (Phi) is 5.32. The van der Waals surface area contributed by atoms with Crippen molar-refractivity contribution in [3.63, 3.8) is 0 Å². The molecule has 21 heavy (non-hydrogen) atoms. The van der Waals surface area contributed by atoms with E-state index in [-0.39, 0.29) is 5.60 Å². The predicted octanol–water partition coefficient (Wildman–Crippen LogP) is 5.08. The minimum absolute atomic E-state index is 0.0462. The molecule has 0 spiro atoms. The van der Waals surface area contributed by atoms with Crippen molar-refractivity contribution in [2.24, 2.45) is 0 Å². The summed E-state index contributed by atoms with van der Waals surface area (Å²) in [7, 11) is 0. The van der Waals surface area contributed by atoms with Gasteiger partial charge < -0.3 is 10.1 Å². The summed E-state index contributed by atoms with van der Waals surface area (Å²) in [5, 5.41) is 3.78. The Balaban J connectivity index is 2.24. The molecule has 0 radical (unpaired) electrons. The maximum atomic E-state index is 6.37. The fourth-order valence-electron chi connectivity index (χ4n) is 3.27. The molecule has 0 fully saturated rings. The van der Waals surface area contributed by atoms with Crippen LogP contribution in [0.1, 0.15) is 75.6 Å². The van der Waals surface area contributed by atoms with E-state index in [4.69, 9.17) is 4.74 Å². The standard InChI is InChI=1S/C19H31NO/c1-6-8-9-10-20-17-13-19(5,7-2)21-18-15(4)11-14(3)12-16(17)18/h11-12,17,20H,6-10,13H2,1-5H3. The van der Waals surface area contributed by atoms with E-state index in [0.717, 1.165) is 25.1 Å². The summed E-state index contributed by atoms with van der Waals surface area (Å²) in [5.41, 5.74) is 3.91. The van der Waals surface area contributed by atoms with E-state index in [9.17, 15) is 0 Å². The van der Waals surface area contributed by atoms with Crippen LogP contribution in [-0.4, -0.2) is 12.1 Å².